The minimum atomic E-state index is 0.655. The van der Waals surface area contributed by atoms with Crippen molar-refractivity contribution in [1.29, 1.82) is 0 Å². The number of nitrogens with zero attached hydrogens (tertiary/aromatic N) is 1. The maximum absolute atomic E-state index is 3.52. The summed E-state index contributed by atoms with van der Waals surface area (Å²) in [6, 6.07) is 2.31. The van der Waals surface area contributed by atoms with Gasteiger partial charge in [-0.15, -0.1) is 0 Å². The molecule has 0 aromatic carbocycles. The summed E-state index contributed by atoms with van der Waals surface area (Å²) in [7, 11) is 0. The molecule has 1 saturated carbocycles. The summed E-state index contributed by atoms with van der Waals surface area (Å²) in [6.45, 7) is 11.6. The van der Waals surface area contributed by atoms with E-state index in [0.29, 0.717) is 6.04 Å². The average Bonchev–Trinajstić information content (AvgIpc) is 3.02. The summed E-state index contributed by atoms with van der Waals surface area (Å²) in [5, 5.41) is 3.52. The maximum atomic E-state index is 3.52. The third-order valence-corrected chi connectivity index (χ3v) is 3.60. The second-order valence-corrected chi connectivity index (χ2v) is 5.37. The minimum Gasteiger partial charge on any atom is -0.314 e. The molecule has 0 saturated heterocycles. The standard InChI is InChI=1S/C14H30N2/c1-5-7-10-16(14-8-9-14)13(4)11-12(3)15-6-2/h12-15H,5-11H2,1-4H3. The van der Waals surface area contributed by atoms with Gasteiger partial charge in [-0.05, 0) is 52.6 Å². The first-order chi connectivity index (χ1) is 7.69. The normalized spacial score (nSPS) is 20.1. The van der Waals surface area contributed by atoms with E-state index in [2.05, 4.69) is 37.9 Å². The second-order valence-electron chi connectivity index (χ2n) is 5.37. The lowest BCUT2D eigenvalue weighted by Gasteiger charge is -2.31. The van der Waals surface area contributed by atoms with Gasteiger partial charge in [0.15, 0.2) is 0 Å². The maximum Gasteiger partial charge on any atom is 0.00992 e. The van der Waals surface area contributed by atoms with E-state index in [1.165, 1.54) is 38.6 Å². The van der Waals surface area contributed by atoms with Crippen molar-refractivity contribution in [3.63, 3.8) is 0 Å². The highest BCUT2D eigenvalue weighted by Gasteiger charge is 2.31. The van der Waals surface area contributed by atoms with E-state index in [-0.39, 0.29) is 0 Å². The monoisotopic (exact) mass is 226 g/mol. The predicted octanol–water partition coefficient (Wildman–Crippen LogP) is 3.03. The zero-order valence-electron chi connectivity index (χ0n) is 11.6. The van der Waals surface area contributed by atoms with Gasteiger partial charge in [-0.25, -0.2) is 0 Å². The molecule has 1 N–H and O–H groups in total. The predicted molar refractivity (Wildman–Crippen MR) is 71.9 cm³/mol. The van der Waals surface area contributed by atoms with Gasteiger partial charge in [-0.3, -0.25) is 4.90 Å². The highest BCUT2D eigenvalue weighted by Crippen LogP contribution is 2.29. The molecule has 1 rings (SSSR count). The van der Waals surface area contributed by atoms with Crippen LogP contribution in [0.3, 0.4) is 0 Å². The molecular weight excluding hydrogens is 196 g/mol. The van der Waals surface area contributed by atoms with Crippen LogP contribution in [-0.4, -0.2) is 36.1 Å². The molecule has 1 fully saturated rings. The molecule has 0 aliphatic heterocycles. The van der Waals surface area contributed by atoms with Crippen molar-refractivity contribution in [3.05, 3.63) is 0 Å². The van der Waals surface area contributed by atoms with Crippen LogP contribution in [0.5, 0.6) is 0 Å². The Bertz CT molecular complexity index is 178. The van der Waals surface area contributed by atoms with Crippen LogP contribution < -0.4 is 5.32 Å². The molecule has 2 atom stereocenters. The Morgan fingerprint density at radius 3 is 2.44 bits per heavy atom. The van der Waals surface area contributed by atoms with E-state index >= 15 is 0 Å². The molecule has 96 valence electrons. The van der Waals surface area contributed by atoms with Crippen molar-refractivity contribution >= 4 is 0 Å². The lowest BCUT2D eigenvalue weighted by molar-refractivity contribution is 0.176. The molecule has 0 amide bonds. The largest absolute Gasteiger partial charge is 0.314 e. The average molecular weight is 226 g/mol. The van der Waals surface area contributed by atoms with Gasteiger partial charge in [0.25, 0.3) is 0 Å². The summed E-state index contributed by atoms with van der Waals surface area (Å²) >= 11 is 0. The molecule has 16 heavy (non-hydrogen) atoms. The van der Waals surface area contributed by atoms with E-state index in [4.69, 9.17) is 0 Å². The molecule has 2 unspecified atom stereocenters. The van der Waals surface area contributed by atoms with Crippen molar-refractivity contribution in [2.45, 2.75) is 77.9 Å². The molecule has 2 nitrogen and oxygen atoms in total. The molecule has 0 aromatic rings. The van der Waals surface area contributed by atoms with Crippen LogP contribution in [0.25, 0.3) is 0 Å². The van der Waals surface area contributed by atoms with Crippen molar-refractivity contribution in [2.24, 2.45) is 0 Å². The number of hydrogen-bond donors (Lipinski definition) is 1. The topological polar surface area (TPSA) is 15.3 Å². The fourth-order valence-corrected chi connectivity index (χ4v) is 2.59. The second kappa shape index (κ2) is 7.29. The summed E-state index contributed by atoms with van der Waals surface area (Å²) in [5.41, 5.74) is 0. The Kier molecular flexibility index (Phi) is 6.37. The zero-order valence-corrected chi connectivity index (χ0v) is 11.6. The quantitative estimate of drug-likeness (QED) is 0.650. The first-order valence-electron chi connectivity index (χ1n) is 7.18. The number of rotatable bonds is 9. The van der Waals surface area contributed by atoms with Gasteiger partial charge in [-0.2, -0.15) is 0 Å². The highest BCUT2D eigenvalue weighted by molar-refractivity contribution is 4.88. The Balaban J connectivity index is 2.31. The molecule has 0 aromatic heterocycles. The molecule has 2 heteroatoms. The van der Waals surface area contributed by atoms with E-state index < -0.39 is 0 Å². The molecule has 0 heterocycles. The van der Waals surface area contributed by atoms with Gasteiger partial charge >= 0.3 is 0 Å². The molecular formula is C14H30N2. The van der Waals surface area contributed by atoms with Crippen LogP contribution >= 0.6 is 0 Å². The van der Waals surface area contributed by atoms with Crippen LogP contribution in [0.2, 0.25) is 0 Å². The van der Waals surface area contributed by atoms with Crippen molar-refractivity contribution < 1.29 is 0 Å². The van der Waals surface area contributed by atoms with E-state index in [1.54, 1.807) is 0 Å². The van der Waals surface area contributed by atoms with Gasteiger partial charge in [0.05, 0.1) is 0 Å². The van der Waals surface area contributed by atoms with E-state index in [1.807, 2.05) is 0 Å². The van der Waals surface area contributed by atoms with Crippen LogP contribution in [0.15, 0.2) is 0 Å². The van der Waals surface area contributed by atoms with E-state index in [0.717, 1.165) is 18.6 Å². The van der Waals surface area contributed by atoms with Gasteiger partial charge in [0.2, 0.25) is 0 Å². The van der Waals surface area contributed by atoms with Crippen molar-refractivity contribution in [2.75, 3.05) is 13.1 Å². The molecule has 1 aliphatic carbocycles. The first kappa shape index (κ1) is 14.0. The van der Waals surface area contributed by atoms with Gasteiger partial charge in [0.1, 0.15) is 0 Å². The summed E-state index contributed by atoms with van der Waals surface area (Å²) in [4.78, 5) is 2.75. The van der Waals surface area contributed by atoms with Gasteiger partial charge < -0.3 is 5.32 Å². The number of unbranched alkanes of at least 4 members (excludes halogenated alkanes) is 1. The Morgan fingerprint density at radius 2 is 1.94 bits per heavy atom. The van der Waals surface area contributed by atoms with E-state index in [9.17, 15) is 0 Å². The fraction of sp³-hybridized carbons (Fsp3) is 1.00. The smallest absolute Gasteiger partial charge is 0.00992 e. The third-order valence-electron chi connectivity index (χ3n) is 3.60. The van der Waals surface area contributed by atoms with Crippen LogP contribution in [0.4, 0.5) is 0 Å². The van der Waals surface area contributed by atoms with Crippen LogP contribution in [-0.2, 0) is 0 Å². The Hall–Kier alpha value is -0.0800. The van der Waals surface area contributed by atoms with Crippen LogP contribution in [0.1, 0.15) is 59.8 Å². The lowest BCUT2D eigenvalue weighted by Crippen LogP contribution is -2.40. The molecule has 0 radical (unpaired) electrons. The fourth-order valence-electron chi connectivity index (χ4n) is 2.59. The minimum absolute atomic E-state index is 0.655. The Labute approximate surface area is 102 Å². The van der Waals surface area contributed by atoms with Gasteiger partial charge in [-0.1, -0.05) is 20.3 Å². The zero-order chi connectivity index (χ0) is 12.0. The number of nitrogens with one attached hydrogen (secondary N) is 1. The number of hydrogen-bond acceptors (Lipinski definition) is 2. The molecule has 0 spiro atoms. The van der Waals surface area contributed by atoms with Crippen LogP contribution in [0, 0.1) is 0 Å². The van der Waals surface area contributed by atoms with Crippen molar-refractivity contribution in [3.8, 4) is 0 Å². The van der Waals surface area contributed by atoms with Crippen molar-refractivity contribution in [1.82, 2.24) is 10.2 Å². The first-order valence-corrected chi connectivity index (χ1v) is 7.18. The Morgan fingerprint density at radius 1 is 1.25 bits per heavy atom. The third kappa shape index (κ3) is 4.84. The summed E-state index contributed by atoms with van der Waals surface area (Å²) in [6.07, 6.45) is 6.83. The van der Waals surface area contributed by atoms with Gasteiger partial charge in [0, 0.05) is 18.1 Å². The summed E-state index contributed by atoms with van der Waals surface area (Å²) in [5.74, 6) is 0. The summed E-state index contributed by atoms with van der Waals surface area (Å²) < 4.78 is 0. The molecule has 1 aliphatic rings. The lowest BCUT2D eigenvalue weighted by atomic mass is 10.1. The molecule has 0 bridgehead atoms. The highest BCUT2D eigenvalue weighted by atomic mass is 15.2. The SMILES string of the molecule is CCCCN(C(C)CC(C)NCC)C1CC1.